The van der Waals surface area contributed by atoms with E-state index in [-0.39, 0.29) is 6.61 Å². The van der Waals surface area contributed by atoms with Crippen LogP contribution in [0, 0.1) is 0 Å². The number of halogens is 1. The van der Waals surface area contributed by atoms with Crippen molar-refractivity contribution in [2.75, 3.05) is 6.61 Å². The molecule has 0 heterocycles. The maximum absolute atomic E-state index is 8.80. The zero-order valence-corrected chi connectivity index (χ0v) is 8.38. The standard InChI is InChI=1S/C11H13ClO/c1-2-9(7-8-13)10-5-3-4-6-11(10)12/h3-7,13H,2,8H2,1H3/b9-7-. The van der Waals surface area contributed by atoms with Crippen LogP contribution in [0.4, 0.5) is 0 Å². The lowest BCUT2D eigenvalue weighted by Gasteiger charge is -2.06. The van der Waals surface area contributed by atoms with E-state index in [1.165, 1.54) is 0 Å². The summed E-state index contributed by atoms with van der Waals surface area (Å²) < 4.78 is 0. The Labute approximate surface area is 83.7 Å². The summed E-state index contributed by atoms with van der Waals surface area (Å²) in [6, 6.07) is 7.67. The number of aliphatic hydroxyl groups excluding tert-OH is 1. The molecule has 1 nitrogen and oxygen atoms in total. The molecule has 0 atom stereocenters. The summed E-state index contributed by atoms with van der Waals surface area (Å²) in [4.78, 5) is 0. The van der Waals surface area contributed by atoms with Crippen LogP contribution >= 0.6 is 11.6 Å². The lowest BCUT2D eigenvalue weighted by Crippen LogP contribution is -1.86. The zero-order chi connectivity index (χ0) is 9.68. The van der Waals surface area contributed by atoms with Crippen LogP contribution in [0.1, 0.15) is 18.9 Å². The molecule has 0 fully saturated rings. The van der Waals surface area contributed by atoms with Crippen molar-refractivity contribution in [2.45, 2.75) is 13.3 Å². The SMILES string of the molecule is CC/C(=C/CO)c1ccccc1Cl. The molecule has 1 rings (SSSR count). The minimum atomic E-state index is 0.0639. The van der Waals surface area contributed by atoms with Gasteiger partial charge in [0.2, 0.25) is 0 Å². The normalized spacial score (nSPS) is 11.8. The van der Waals surface area contributed by atoms with Gasteiger partial charge in [-0.1, -0.05) is 42.8 Å². The van der Waals surface area contributed by atoms with E-state index in [1.54, 1.807) is 6.08 Å². The van der Waals surface area contributed by atoms with Gasteiger partial charge in [-0.05, 0) is 23.6 Å². The van der Waals surface area contributed by atoms with Gasteiger partial charge in [-0.15, -0.1) is 0 Å². The molecule has 0 saturated heterocycles. The second-order valence-electron chi connectivity index (χ2n) is 2.75. The fourth-order valence-electron chi connectivity index (χ4n) is 1.28. The number of rotatable bonds is 3. The molecule has 1 aromatic rings. The molecule has 0 aliphatic rings. The molecule has 0 aromatic heterocycles. The van der Waals surface area contributed by atoms with Crippen LogP contribution in [0.3, 0.4) is 0 Å². The van der Waals surface area contributed by atoms with E-state index < -0.39 is 0 Å². The predicted molar refractivity (Wildman–Crippen MR) is 56.8 cm³/mol. The largest absolute Gasteiger partial charge is 0.392 e. The maximum Gasteiger partial charge on any atom is 0.0618 e. The quantitative estimate of drug-likeness (QED) is 0.788. The Morgan fingerprint density at radius 2 is 2.15 bits per heavy atom. The number of aliphatic hydroxyl groups is 1. The number of hydrogen-bond acceptors (Lipinski definition) is 1. The van der Waals surface area contributed by atoms with Crippen molar-refractivity contribution in [3.05, 3.63) is 40.9 Å². The van der Waals surface area contributed by atoms with Crippen LogP contribution in [-0.2, 0) is 0 Å². The van der Waals surface area contributed by atoms with Crippen LogP contribution in [0.2, 0.25) is 5.02 Å². The summed E-state index contributed by atoms with van der Waals surface area (Å²) >= 11 is 6.01. The predicted octanol–water partition coefficient (Wildman–Crippen LogP) is 3.13. The third-order valence-corrected chi connectivity index (χ3v) is 2.27. The van der Waals surface area contributed by atoms with Crippen molar-refractivity contribution in [1.82, 2.24) is 0 Å². The topological polar surface area (TPSA) is 20.2 Å². The molecule has 2 heteroatoms. The monoisotopic (exact) mass is 196 g/mol. The molecular weight excluding hydrogens is 184 g/mol. The first-order valence-corrected chi connectivity index (χ1v) is 4.72. The Kier molecular flexibility index (Phi) is 4.00. The minimum Gasteiger partial charge on any atom is -0.392 e. The lowest BCUT2D eigenvalue weighted by molar-refractivity contribution is 0.343. The van der Waals surface area contributed by atoms with Crippen molar-refractivity contribution in [2.24, 2.45) is 0 Å². The summed E-state index contributed by atoms with van der Waals surface area (Å²) in [7, 11) is 0. The molecule has 13 heavy (non-hydrogen) atoms. The molecule has 0 unspecified atom stereocenters. The highest BCUT2D eigenvalue weighted by Gasteiger charge is 2.02. The summed E-state index contributed by atoms with van der Waals surface area (Å²) in [5, 5.41) is 9.54. The third kappa shape index (κ3) is 2.58. The zero-order valence-electron chi connectivity index (χ0n) is 7.63. The highest BCUT2D eigenvalue weighted by Crippen LogP contribution is 2.25. The van der Waals surface area contributed by atoms with Crippen LogP contribution in [0.15, 0.2) is 30.3 Å². The van der Waals surface area contributed by atoms with Gasteiger partial charge < -0.3 is 5.11 Å². The lowest BCUT2D eigenvalue weighted by atomic mass is 10.0. The van der Waals surface area contributed by atoms with E-state index in [9.17, 15) is 0 Å². The van der Waals surface area contributed by atoms with Crippen molar-refractivity contribution < 1.29 is 5.11 Å². The van der Waals surface area contributed by atoms with Crippen LogP contribution < -0.4 is 0 Å². The molecular formula is C11H13ClO. The molecule has 0 aliphatic carbocycles. The molecule has 0 aliphatic heterocycles. The van der Waals surface area contributed by atoms with E-state index in [2.05, 4.69) is 0 Å². The Balaban J connectivity index is 3.05. The average Bonchev–Trinajstić information content (AvgIpc) is 2.16. The first-order valence-electron chi connectivity index (χ1n) is 4.34. The van der Waals surface area contributed by atoms with Crippen LogP contribution in [0.25, 0.3) is 5.57 Å². The van der Waals surface area contributed by atoms with Gasteiger partial charge in [0.25, 0.3) is 0 Å². The van der Waals surface area contributed by atoms with Crippen molar-refractivity contribution >= 4 is 17.2 Å². The Morgan fingerprint density at radius 1 is 1.46 bits per heavy atom. The molecule has 0 amide bonds. The summed E-state index contributed by atoms with van der Waals surface area (Å²) in [5.74, 6) is 0. The molecule has 0 spiro atoms. The highest BCUT2D eigenvalue weighted by atomic mass is 35.5. The van der Waals surface area contributed by atoms with E-state index in [0.29, 0.717) is 0 Å². The van der Waals surface area contributed by atoms with Crippen molar-refractivity contribution in [1.29, 1.82) is 0 Å². The van der Waals surface area contributed by atoms with Crippen molar-refractivity contribution in [3.63, 3.8) is 0 Å². The number of allylic oxidation sites excluding steroid dienone is 1. The van der Waals surface area contributed by atoms with Crippen LogP contribution in [0.5, 0.6) is 0 Å². The van der Waals surface area contributed by atoms with Gasteiger partial charge in [0.15, 0.2) is 0 Å². The van der Waals surface area contributed by atoms with E-state index in [1.807, 2.05) is 31.2 Å². The van der Waals surface area contributed by atoms with E-state index in [4.69, 9.17) is 16.7 Å². The van der Waals surface area contributed by atoms with Crippen molar-refractivity contribution in [3.8, 4) is 0 Å². The third-order valence-electron chi connectivity index (χ3n) is 1.94. The summed E-state index contributed by atoms with van der Waals surface area (Å²) in [6.07, 6.45) is 2.67. The Morgan fingerprint density at radius 3 is 2.69 bits per heavy atom. The molecule has 1 aromatic carbocycles. The van der Waals surface area contributed by atoms with Gasteiger partial charge in [0.1, 0.15) is 0 Å². The van der Waals surface area contributed by atoms with Gasteiger partial charge >= 0.3 is 0 Å². The molecule has 1 N–H and O–H groups in total. The molecule has 0 radical (unpaired) electrons. The number of benzene rings is 1. The Bertz CT molecular complexity index is 305. The van der Waals surface area contributed by atoms with Gasteiger partial charge in [-0.2, -0.15) is 0 Å². The van der Waals surface area contributed by atoms with Crippen LogP contribution in [-0.4, -0.2) is 11.7 Å². The van der Waals surface area contributed by atoms with Gasteiger partial charge in [0.05, 0.1) is 6.61 Å². The average molecular weight is 197 g/mol. The van der Waals surface area contributed by atoms with Gasteiger partial charge in [0, 0.05) is 5.02 Å². The molecule has 0 saturated carbocycles. The fraction of sp³-hybridized carbons (Fsp3) is 0.273. The molecule has 0 bridgehead atoms. The number of hydrogen-bond donors (Lipinski definition) is 1. The minimum absolute atomic E-state index is 0.0639. The second kappa shape index (κ2) is 5.05. The van der Waals surface area contributed by atoms with E-state index >= 15 is 0 Å². The summed E-state index contributed by atoms with van der Waals surface area (Å²) in [5.41, 5.74) is 2.11. The Hall–Kier alpha value is -0.790. The van der Waals surface area contributed by atoms with Gasteiger partial charge in [-0.25, -0.2) is 0 Å². The first-order chi connectivity index (χ1) is 6.29. The van der Waals surface area contributed by atoms with Gasteiger partial charge in [-0.3, -0.25) is 0 Å². The maximum atomic E-state index is 8.80. The second-order valence-corrected chi connectivity index (χ2v) is 3.15. The smallest absolute Gasteiger partial charge is 0.0618 e. The highest BCUT2D eigenvalue weighted by molar-refractivity contribution is 6.32. The summed E-state index contributed by atoms with van der Waals surface area (Å²) in [6.45, 7) is 2.11. The first kappa shape index (κ1) is 10.3. The van der Waals surface area contributed by atoms with E-state index in [0.717, 1.165) is 22.6 Å². The fourth-order valence-corrected chi connectivity index (χ4v) is 1.53. The molecule has 70 valence electrons.